The molecule has 0 bridgehead atoms. The number of amides is 2. The summed E-state index contributed by atoms with van der Waals surface area (Å²) in [4.78, 5) is 21.8. The fraction of sp³-hybridized carbons (Fsp3) is 0.375. The molecule has 1 aliphatic rings. The molecule has 74 valence electrons. The predicted molar refractivity (Wildman–Crippen MR) is 50.0 cm³/mol. The molecular weight excluding hydrogens is 184 g/mol. The third-order valence-corrected chi connectivity index (χ3v) is 1.83. The predicted octanol–water partition coefficient (Wildman–Crippen LogP) is 0.0538. The summed E-state index contributed by atoms with van der Waals surface area (Å²) in [7, 11) is 0. The zero-order valence-electron chi connectivity index (χ0n) is 7.41. The second-order valence-corrected chi connectivity index (χ2v) is 3.18. The van der Waals surface area contributed by atoms with Crippen LogP contribution in [0.1, 0.15) is 12.8 Å². The summed E-state index contributed by atoms with van der Waals surface area (Å²) in [6.45, 7) is 0. The summed E-state index contributed by atoms with van der Waals surface area (Å²) in [5, 5.41) is 11.1. The highest BCUT2D eigenvalue weighted by Gasteiger charge is 2.23. The van der Waals surface area contributed by atoms with Crippen molar-refractivity contribution in [2.45, 2.75) is 18.9 Å². The third kappa shape index (κ3) is 2.32. The molecule has 1 aliphatic carbocycles. The number of carbonyl (C=O) groups is 1. The number of H-pyrrole nitrogens is 1. The van der Waals surface area contributed by atoms with Crippen molar-refractivity contribution in [1.82, 2.24) is 15.5 Å². The summed E-state index contributed by atoms with van der Waals surface area (Å²) < 4.78 is 0. The van der Waals surface area contributed by atoms with Crippen molar-refractivity contribution in [1.29, 1.82) is 0 Å². The maximum absolute atomic E-state index is 11.2. The Balaban J connectivity index is 1.92. The fourth-order valence-electron chi connectivity index (χ4n) is 0.980. The van der Waals surface area contributed by atoms with Crippen LogP contribution >= 0.6 is 0 Å². The lowest BCUT2D eigenvalue weighted by Crippen LogP contribution is -2.31. The third-order valence-electron chi connectivity index (χ3n) is 1.83. The maximum atomic E-state index is 11.2. The number of aromatic nitrogens is 2. The summed E-state index contributed by atoms with van der Waals surface area (Å²) in [5.74, 6) is 0.336. The molecule has 14 heavy (non-hydrogen) atoms. The van der Waals surface area contributed by atoms with Gasteiger partial charge in [-0.3, -0.25) is 10.1 Å². The highest BCUT2D eigenvalue weighted by Crippen LogP contribution is 2.18. The molecule has 6 nitrogen and oxygen atoms in total. The molecule has 3 N–H and O–H groups in total. The van der Waals surface area contributed by atoms with Gasteiger partial charge in [0.25, 0.3) is 5.56 Å². The standard InChI is InChI=1S/C8H10N4O2/c13-7-4-3-6(11-12-7)10-8(14)9-5-1-2-5/h3-5H,1-2H2,(H,12,13)(H2,9,10,11,14). The van der Waals surface area contributed by atoms with E-state index in [9.17, 15) is 9.59 Å². The molecule has 0 unspecified atom stereocenters. The van der Waals surface area contributed by atoms with Crippen LogP contribution in [0.4, 0.5) is 10.6 Å². The number of nitrogens with one attached hydrogen (secondary N) is 3. The van der Waals surface area contributed by atoms with Crippen molar-refractivity contribution in [2.75, 3.05) is 5.32 Å². The van der Waals surface area contributed by atoms with Crippen LogP contribution in [-0.4, -0.2) is 22.3 Å². The minimum atomic E-state index is -0.293. The molecule has 0 spiro atoms. The number of hydrogen-bond donors (Lipinski definition) is 3. The maximum Gasteiger partial charge on any atom is 0.320 e. The highest BCUT2D eigenvalue weighted by atomic mass is 16.2. The van der Waals surface area contributed by atoms with Crippen molar-refractivity contribution in [3.05, 3.63) is 22.5 Å². The Morgan fingerprint density at radius 1 is 1.50 bits per heavy atom. The number of carbonyl (C=O) groups excluding carboxylic acids is 1. The Morgan fingerprint density at radius 3 is 2.86 bits per heavy atom. The van der Waals surface area contributed by atoms with Crippen LogP contribution < -0.4 is 16.2 Å². The molecular formula is C8H10N4O2. The van der Waals surface area contributed by atoms with Crippen LogP contribution in [-0.2, 0) is 0 Å². The van der Waals surface area contributed by atoms with Crippen LogP contribution in [0.5, 0.6) is 0 Å². The minimum Gasteiger partial charge on any atom is -0.335 e. The van der Waals surface area contributed by atoms with Gasteiger partial charge in [0.05, 0.1) is 0 Å². The van der Waals surface area contributed by atoms with E-state index in [2.05, 4.69) is 20.8 Å². The number of hydrogen-bond acceptors (Lipinski definition) is 3. The molecule has 1 heterocycles. The summed E-state index contributed by atoms with van der Waals surface area (Å²) in [6.07, 6.45) is 2.07. The van der Waals surface area contributed by atoms with Gasteiger partial charge in [-0.2, -0.15) is 5.10 Å². The monoisotopic (exact) mass is 194 g/mol. The van der Waals surface area contributed by atoms with E-state index in [0.717, 1.165) is 12.8 Å². The normalized spacial score (nSPS) is 14.9. The van der Waals surface area contributed by atoms with Gasteiger partial charge in [0.15, 0.2) is 5.82 Å². The molecule has 1 aromatic heterocycles. The van der Waals surface area contributed by atoms with Gasteiger partial charge in [0.2, 0.25) is 0 Å². The number of aromatic amines is 1. The largest absolute Gasteiger partial charge is 0.335 e. The van der Waals surface area contributed by atoms with Crippen molar-refractivity contribution < 1.29 is 4.79 Å². The van der Waals surface area contributed by atoms with Gasteiger partial charge in [-0.1, -0.05) is 0 Å². The molecule has 0 aliphatic heterocycles. The first-order chi connectivity index (χ1) is 6.74. The molecule has 0 aromatic carbocycles. The average molecular weight is 194 g/mol. The van der Waals surface area contributed by atoms with E-state index in [-0.39, 0.29) is 11.6 Å². The van der Waals surface area contributed by atoms with Gasteiger partial charge < -0.3 is 5.32 Å². The number of urea groups is 1. The van der Waals surface area contributed by atoms with E-state index in [0.29, 0.717) is 11.9 Å². The Kier molecular flexibility index (Phi) is 2.18. The molecule has 1 aromatic rings. The van der Waals surface area contributed by atoms with Crippen molar-refractivity contribution in [3.8, 4) is 0 Å². The van der Waals surface area contributed by atoms with E-state index < -0.39 is 0 Å². The zero-order chi connectivity index (χ0) is 9.97. The fourth-order valence-corrected chi connectivity index (χ4v) is 0.980. The van der Waals surface area contributed by atoms with Gasteiger partial charge in [0, 0.05) is 12.1 Å². The lowest BCUT2D eigenvalue weighted by molar-refractivity contribution is 0.251. The first kappa shape index (κ1) is 8.74. The number of rotatable bonds is 2. The van der Waals surface area contributed by atoms with E-state index in [1.165, 1.54) is 12.1 Å². The van der Waals surface area contributed by atoms with Crippen LogP contribution in [0.2, 0.25) is 0 Å². The van der Waals surface area contributed by atoms with Crippen LogP contribution in [0.25, 0.3) is 0 Å². The van der Waals surface area contributed by atoms with Crippen LogP contribution in [0.15, 0.2) is 16.9 Å². The zero-order valence-corrected chi connectivity index (χ0v) is 7.41. The highest BCUT2D eigenvalue weighted by molar-refractivity contribution is 5.88. The number of anilines is 1. The Hall–Kier alpha value is -1.85. The SMILES string of the molecule is O=C(Nc1ccc(=O)[nH]n1)NC1CC1. The Labute approximate surface area is 79.7 Å². The van der Waals surface area contributed by atoms with Crippen molar-refractivity contribution in [3.63, 3.8) is 0 Å². The first-order valence-corrected chi connectivity index (χ1v) is 4.37. The quantitative estimate of drug-likeness (QED) is 0.621. The topological polar surface area (TPSA) is 86.9 Å². The van der Waals surface area contributed by atoms with E-state index in [1.807, 2.05) is 0 Å². The Bertz CT molecular complexity index is 376. The van der Waals surface area contributed by atoms with Gasteiger partial charge >= 0.3 is 6.03 Å². The lowest BCUT2D eigenvalue weighted by atomic mass is 10.5. The van der Waals surface area contributed by atoms with Crippen LogP contribution in [0.3, 0.4) is 0 Å². The molecule has 0 atom stereocenters. The molecule has 1 fully saturated rings. The van der Waals surface area contributed by atoms with Crippen molar-refractivity contribution in [2.24, 2.45) is 0 Å². The summed E-state index contributed by atoms with van der Waals surface area (Å²) in [6, 6.07) is 2.77. The second-order valence-electron chi connectivity index (χ2n) is 3.18. The number of nitrogens with zero attached hydrogens (tertiary/aromatic N) is 1. The minimum absolute atomic E-state index is 0.285. The van der Waals surface area contributed by atoms with E-state index in [4.69, 9.17) is 0 Å². The molecule has 2 rings (SSSR count). The molecule has 6 heteroatoms. The summed E-state index contributed by atoms with van der Waals surface area (Å²) >= 11 is 0. The molecule has 0 radical (unpaired) electrons. The average Bonchev–Trinajstić information content (AvgIpc) is 2.93. The molecule has 1 saturated carbocycles. The Morgan fingerprint density at radius 2 is 2.29 bits per heavy atom. The second kappa shape index (κ2) is 3.49. The molecule has 2 amide bonds. The smallest absolute Gasteiger partial charge is 0.320 e. The van der Waals surface area contributed by atoms with E-state index in [1.54, 1.807) is 0 Å². The lowest BCUT2D eigenvalue weighted by Gasteiger charge is -2.03. The molecule has 0 saturated heterocycles. The summed E-state index contributed by atoms with van der Waals surface area (Å²) in [5.41, 5.74) is -0.293. The van der Waals surface area contributed by atoms with Gasteiger partial charge in [-0.05, 0) is 18.9 Å². The van der Waals surface area contributed by atoms with Gasteiger partial charge in [-0.25, -0.2) is 9.89 Å². The van der Waals surface area contributed by atoms with Gasteiger partial charge in [0.1, 0.15) is 0 Å². The van der Waals surface area contributed by atoms with Crippen LogP contribution in [0, 0.1) is 0 Å². The van der Waals surface area contributed by atoms with E-state index >= 15 is 0 Å². The first-order valence-electron chi connectivity index (χ1n) is 4.37. The van der Waals surface area contributed by atoms with Gasteiger partial charge in [-0.15, -0.1) is 0 Å². The van der Waals surface area contributed by atoms with Crippen molar-refractivity contribution >= 4 is 11.8 Å².